The predicted octanol–water partition coefficient (Wildman–Crippen LogP) is -2.14. The molecule has 0 spiro atoms. The lowest BCUT2D eigenvalue weighted by atomic mass is 10.1. The second kappa shape index (κ2) is 4.73. The molecule has 0 bridgehead atoms. The second-order valence-electron chi connectivity index (χ2n) is 2.84. The van der Waals surface area contributed by atoms with E-state index < -0.39 is 5.91 Å². The Labute approximate surface area is 80.6 Å². The molecule has 0 atom stereocenters. The fourth-order valence-corrected chi connectivity index (χ4v) is 1.16. The van der Waals surface area contributed by atoms with Crippen LogP contribution in [0.2, 0.25) is 0 Å². The fourth-order valence-electron chi connectivity index (χ4n) is 1.16. The van der Waals surface area contributed by atoms with E-state index in [4.69, 9.17) is 10.2 Å². The highest BCUT2D eigenvalue weighted by Gasteiger charge is 2.22. The molecule has 1 heterocycles. The van der Waals surface area contributed by atoms with Gasteiger partial charge < -0.3 is 20.8 Å². The van der Waals surface area contributed by atoms with E-state index in [1.54, 1.807) is 0 Å². The van der Waals surface area contributed by atoms with Crippen LogP contribution in [0.5, 0.6) is 0 Å². The zero-order valence-corrected chi connectivity index (χ0v) is 7.54. The molecule has 6 nitrogen and oxygen atoms in total. The Hall–Kier alpha value is -1.40. The molecule has 78 valence electrons. The normalized spacial score (nSPS) is 20.1. The van der Waals surface area contributed by atoms with Gasteiger partial charge in [0.15, 0.2) is 0 Å². The maximum Gasteiger partial charge on any atom is 0.268 e. The molecule has 0 unspecified atom stereocenters. The number of aliphatic hydroxyl groups excluding tert-OH is 2. The number of aliphatic hydroxyl groups is 2. The standard InChI is InChI=1S/C8H12N2O4/c11-2-1-5(4-12)7-8(14)9-3-6(13)10-7/h11-12H,1-4H2,(H,9,14)(H,10,13)/b7-5+. The monoisotopic (exact) mass is 200 g/mol. The highest BCUT2D eigenvalue weighted by atomic mass is 16.3. The maximum atomic E-state index is 11.2. The Morgan fingerprint density at radius 3 is 2.64 bits per heavy atom. The lowest BCUT2D eigenvalue weighted by molar-refractivity contribution is -0.128. The Morgan fingerprint density at radius 2 is 2.07 bits per heavy atom. The van der Waals surface area contributed by atoms with Gasteiger partial charge >= 0.3 is 0 Å². The summed E-state index contributed by atoms with van der Waals surface area (Å²) in [5.41, 5.74) is 0.385. The molecular formula is C8H12N2O4. The summed E-state index contributed by atoms with van der Waals surface area (Å²) >= 11 is 0. The number of piperazine rings is 1. The number of rotatable bonds is 3. The van der Waals surface area contributed by atoms with E-state index in [2.05, 4.69) is 10.6 Å². The Morgan fingerprint density at radius 1 is 1.36 bits per heavy atom. The van der Waals surface area contributed by atoms with Gasteiger partial charge in [-0.2, -0.15) is 0 Å². The molecule has 14 heavy (non-hydrogen) atoms. The average Bonchev–Trinajstić information content (AvgIpc) is 2.18. The smallest absolute Gasteiger partial charge is 0.268 e. The summed E-state index contributed by atoms with van der Waals surface area (Å²) in [5.74, 6) is -0.759. The molecule has 1 fully saturated rings. The third-order valence-corrected chi connectivity index (χ3v) is 1.86. The lowest BCUT2D eigenvalue weighted by Gasteiger charge is -2.19. The van der Waals surface area contributed by atoms with E-state index in [1.165, 1.54) is 0 Å². The lowest BCUT2D eigenvalue weighted by Crippen LogP contribution is -2.48. The van der Waals surface area contributed by atoms with Gasteiger partial charge in [0.1, 0.15) is 5.70 Å². The third-order valence-electron chi connectivity index (χ3n) is 1.86. The van der Waals surface area contributed by atoms with Crippen molar-refractivity contribution in [3.8, 4) is 0 Å². The first-order valence-electron chi connectivity index (χ1n) is 4.20. The van der Waals surface area contributed by atoms with Crippen molar-refractivity contribution in [2.24, 2.45) is 0 Å². The van der Waals surface area contributed by atoms with Gasteiger partial charge in [-0.1, -0.05) is 0 Å². The summed E-state index contributed by atoms with van der Waals surface area (Å²) in [7, 11) is 0. The minimum Gasteiger partial charge on any atom is -0.396 e. The number of nitrogens with one attached hydrogen (secondary N) is 2. The second-order valence-corrected chi connectivity index (χ2v) is 2.84. The quantitative estimate of drug-likeness (QED) is 0.391. The van der Waals surface area contributed by atoms with Crippen molar-refractivity contribution in [2.45, 2.75) is 6.42 Å². The first kappa shape index (κ1) is 10.7. The largest absolute Gasteiger partial charge is 0.396 e. The van der Waals surface area contributed by atoms with Gasteiger partial charge in [-0.05, 0) is 12.0 Å². The summed E-state index contributed by atoms with van der Waals surface area (Å²) in [5, 5.41) is 22.3. The Bertz CT molecular complexity index is 285. The highest BCUT2D eigenvalue weighted by molar-refractivity contribution is 6.03. The first-order valence-corrected chi connectivity index (χ1v) is 4.20. The van der Waals surface area contributed by atoms with Crippen LogP contribution in [0.1, 0.15) is 6.42 Å². The van der Waals surface area contributed by atoms with Crippen LogP contribution < -0.4 is 10.6 Å². The summed E-state index contributed by atoms with van der Waals surface area (Å²) < 4.78 is 0. The van der Waals surface area contributed by atoms with Crippen LogP contribution in [0.15, 0.2) is 11.3 Å². The third kappa shape index (κ3) is 2.30. The van der Waals surface area contributed by atoms with Gasteiger partial charge in [-0.15, -0.1) is 0 Å². The molecule has 0 radical (unpaired) electrons. The van der Waals surface area contributed by atoms with E-state index in [0.717, 1.165) is 0 Å². The van der Waals surface area contributed by atoms with Crippen molar-refractivity contribution in [1.29, 1.82) is 0 Å². The van der Waals surface area contributed by atoms with Crippen LogP contribution >= 0.6 is 0 Å². The number of carbonyl (C=O) groups is 2. The van der Waals surface area contributed by atoms with Crippen LogP contribution in [-0.4, -0.2) is 41.8 Å². The first-order chi connectivity index (χ1) is 6.69. The van der Waals surface area contributed by atoms with Gasteiger partial charge in [-0.3, -0.25) is 9.59 Å². The van der Waals surface area contributed by atoms with Crippen molar-refractivity contribution in [2.75, 3.05) is 19.8 Å². The zero-order valence-electron chi connectivity index (χ0n) is 7.54. The molecule has 0 saturated carbocycles. The molecular weight excluding hydrogens is 188 g/mol. The molecule has 1 aliphatic heterocycles. The van der Waals surface area contributed by atoms with Crippen molar-refractivity contribution >= 4 is 11.8 Å². The summed E-state index contributed by atoms with van der Waals surface area (Å²) in [6.07, 6.45) is 0.166. The highest BCUT2D eigenvalue weighted by Crippen LogP contribution is 2.07. The summed E-state index contributed by atoms with van der Waals surface area (Å²) in [4.78, 5) is 22.2. The van der Waals surface area contributed by atoms with Crippen LogP contribution in [0.3, 0.4) is 0 Å². The minimum absolute atomic E-state index is 0.0535. The Kier molecular flexibility index (Phi) is 3.61. The Balaban J connectivity index is 2.88. The summed E-state index contributed by atoms with van der Waals surface area (Å²) in [6.45, 7) is -0.591. The van der Waals surface area contributed by atoms with Crippen molar-refractivity contribution in [3.63, 3.8) is 0 Å². The van der Waals surface area contributed by atoms with Crippen LogP contribution in [-0.2, 0) is 9.59 Å². The van der Waals surface area contributed by atoms with Crippen molar-refractivity contribution < 1.29 is 19.8 Å². The van der Waals surface area contributed by atoms with E-state index in [-0.39, 0.29) is 37.8 Å². The molecule has 0 aromatic heterocycles. The zero-order chi connectivity index (χ0) is 10.6. The van der Waals surface area contributed by atoms with Gasteiger partial charge in [0.2, 0.25) is 5.91 Å². The van der Waals surface area contributed by atoms with E-state index in [1.807, 2.05) is 0 Å². The SMILES string of the molecule is O=C1CNC(=O)/C(=C(\CO)CCO)N1. The summed E-state index contributed by atoms with van der Waals surface area (Å²) in [6, 6.07) is 0. The van der Waals surface area contributed by atoms with Crippen LogP contribution in [0.25, 0.3) is 0 Å². The van der Waals surface area contributed by atoms with Gasteiger partial charge in [0.05, 0.1) is 13.2 Å². The van der Waals surface area contributed by atoms with Crippen molar-refractivity contribution in [3.05, 3.63) is 11.3 Å². The molecule has 4 N–H and O–H groups in total. The van der Waals surface area contributed by atoms with E-state index in [9.17, 15) is 9.59 Å². The van der Waals surface area contributed by atoms with Crippen LogP contribution in [0.4, 0.5) is 0 Å². The van der Waals surface area contributed by atoms with Crippen molar-refractivity contribution in [1.82, 2.24) is 10.6 Å². The number of hydrogen-bond donors (Lipinski definition) is 4. The molecule has 2 amide bonds. The molecule has 6 heteroatoms. The fraction of sp³-hybridized carbons (Fsp3) is 0.500. The van der Waals surface area contributed by atoms with E-state index >= 15 is 0 Å². The molecule has 1 rings (SSSR count). The van der Waals surface area contributed by atoms with Crippen LogP contribution in [0, 0.1) is 0 Å². The molecule has 0 aromatic carbocycles. The number of hydrogen-bond acceptors (Lipinski definition) is 4. The molecule has 0 aliphatic carbocycles. The van der Waals surface area contributed by atoms with E-state index in [0.29, 0.717) is 5.57 Å². The van der Waals surface area contributed by atoms with Gasteiger partial charge in [0, 0.05) is 6.61 Å². The molecule has 1 aliphatic rings. The van der Waals surface area contributed by atoms with Gasteiger partial charge in [-0.25, -0.2) is 0 Å². The van der Waals surface area contributed by atoms with Gasteiger partial charge in [0.25, 0.3) is 5.91 Å². The molecule has 0 aromatic rings. The topological polar surface area (TPSA) is 98.7 Å². The number of amides is 2. The average molecular weight is 200 g/mol. The predicted molar refractivity (Wildman–Crippen MR) is 47.0 cm³/mol. The molecule has 1 saturated heterocycles. The number of carbonyl (C=O) groups excluding carboxylic acids is 2. The maximum absolute atomic E-state index is 11.2. The minimum atomic E-state index is -0.429.